The summed E-state index contributed by atoms with van der Waals surface area (Å²) in [5.41, 5.74) is 2.14. The summed E-state index contributed by atoms with van der Waals surface area (Å²) >= 11 is 1.28. The van der Waals surface area contributed by atoms with Crippen LogP contribution in [0.15, 0.2) is 76.5 Å². The van der Waals surface area contributed by atoms with Gasteiger partial charge in [-0.1, -0.05) is 23.9 Å². The Hall–Kier alpha value is -4.05. The third kappa shape index (κ3) is 5.84. The molecule has 4 aromatic rings. The molecule has 0 unspecified atom stereocenters. The van der Waals surface area contributed by atoms with Crippen molar-refractivity contribution in [3.8, 4) is 17.1 Å². The predicted molar refractivity (Wildman–Crippen MR) is 130 cm³/mol. The molecule has 2 aromatic carbocycles. The van der Waals surface area contributed by atoms with Gasteiger partial charge in [-0.15, -0.1) is 10.2 Å². The summed E-state index contributed by atoms with van der Waals surface area (Å²) in [6, 6.07) is 18.2. The van der Waals surface area contributed by atoms with E-state index in [1.807, 2.05) is 41.0 Å². The summed E-state index contributed by atoms with van der Waals surface area (Å²) in [7, 11) is 1.61. The molecule has 0 saturated heterocycles. The van der Waals surface area contributed by atoms with Gasteiger partial charge < -0.3 is 19.8 Å². The number of anilines is 2. The predicted octanol–water partition coefficient (Wildman–Crippen LogP) is 4.28. The van der Waals surface area contributed by atoms with Gasteiger partial charge >= 0.3 is 0 Å². The molecule has 0 radical (unpaired) electrons. The van der Waals surface area contributed by atoms with Gasteiger partial charge in [-0.3, -0.25) is 14.2 Å². The van der Waals surface area contributed by atoms with Crippen LogP contribution in [0.1, 0.15) is 12.7 Å². The van der Waals surface area contributed by atoms with E-state index in [0.29, 0.717) is 34.6 Å². The summed E-state index contributed by atoms with van der Waals surface area (Å²) in [6.45, 7) is 1.86. The molecule has 2 N–H and O–H groups in total. The monoisotopic (exact) mass is 477 g/mol. The van der Waals surface area contributed by atoms with Gasteiger partial charge in [0.25, 0.3) is 0 Å². The van der Waals surface area contributed by atoms with Gasteiger partial charge in [0.2, 0.25) is 11.8 Å². The molecule has 0 atom stereocenters. The minimum atomic E-state index is -0.187. The molecule has 4 rings (SSSR count). The van der Waals surface area contributed by atoms with Gasteiger partial charge in [0, 0.05) is 23.9 Å². The van der Waals surface area contributed by atoms with E-state index in [1.165, 1.54) is 18.7 Å². The van der Waals surface area contributed by atoms with Crippen LogP contribution in [0.25, 0.3) is 11.4 Å². The van der Waals surface area contributed by atoms with Crippen LogP contribution in [0.5, 0.6) is 5.75 Å². The Balaban J connectivity index is 1.48. The summed E-state index contributed by atoms with van der Waals surface area (Å²) in [5.74, 6) is 1.90. The molecule has 2 aromatic heterocycles. The third-order valence-corrected chi connectivity index (χ3v) is 5.73. The molecule has 174 valence electrons. The zero-order valence-electron chi connectivity index (χ0n) is 18.6. The maximum Gasteiger partial charge on any atom is 0.234 e. The summed E-state index contributed by atoms with van der Waals surface area (Å²) in [6.07, 6.45) is 1.61. The van der Waals surface area contributed by atoms with Crippen LogP contribution in [-0.2, 0) is 16.1 Å². The van der Waals surface area contributed by atoms with Crippen molar-refractivity contribution in [3.63, 3.8) is 0 Å². The van der Waals surface area contributed by atoms with E-state index in [4.69, 9.17) is 9.15 Å². The van der Waals surface area contributed by atoms with Gasteiger partial charge in [0.1, 0.15) is 11.5 Å². The Morgan fingerprint density at radius 1 is 1.03 bits per heavy atom. The second-order valence-electron chi connectivity index (χ2n) is 7.30. The highest BCUT2D eigenvalue weighted by atomic mass is 32.2. The number of hydrogen-bond donors (Lipinski definition) is 2. The molecule has 0 spiro atoms. The fourth-order valence-corrected chi connectivity index (χ4v) is 3.98. The van der Waals surface area contributed by atoms with E-state index in [2.05, 4.69) is 20.8 Å². The van der Waals surface area contributed by atoms with Crippen LogP contribution >= 0.6 is 11.8 Å². The first kappa shape index (κ1) is 23.1. The van der Waals surface area contributed by atoms with Gasteiger partial charge in [0.05, 0.1) is 25.7 Å². The van der Waals surface area contributed by atoms with Crippen LogP contribution in [0.2, 0.25) is 0 Å². The van der Waals surface area contributed by atoms with Crippen LogP contribution in [0, 0.1) is 0 Å². The fourth-order valence-electron chi connectivity index (χ4n) is 3.24. The Morgan fingerprint density at radius 3 is 2.47 bits per heavy atom. The number of furan rings is 1. The average Bonchev–Trinajstić information content (AvgIpc) is 3.49. The minimum Gasteiger partial charge on any atom is -0.497 e. The maximum atomic E-state index is 12.5. The summed E-state index contributed by atoms with van der Waals surface area (Å²) < 4.78 is 12.8. The molecule has 0 aliphatic rings. The smallest absolute Gasteiger partial charge is 0.234 e. The molecule has 34 heavy (non-hydrogen) atoms. The number of thioether (sulfide) groups is 1. The normalized spacial score (nSPS) is 10.6. The third-order valence-electron chi connectivity index (χ3n) is 4.76. The van der Waals surface area contributed by atoms with Crippen molar-refractivity contribution in [1.82, 2.24) is 14.8 Å². The van der Waals surface area contributed by atoms with Gasteiger partial charge in [-0.05, 0) is 48.5 Å². The number of rotatable bonds is 9. The number of carbonyl (C=O) groups excluding carboxylic acids is 2. The number of carbonyl (C=O) groups is 2. The van der Waals surface area contributed by atoms with Gasteiger partial charge in [-0.2, -0.15) is 0 Å². The zero-order valence-corrected chi connectivity index (χ0v) is 19.5. The van der Waals surface area contributed by atoms with E-state index in [1.54, 1.807) is 37.6 Å². The first-order chi connectivity index (χ1) is 16.5. The molecule has 0 bridgehead atoms. The molecule has 10 heteroatoms. The summed E-state index contributed by atoms with van der Waals surface area (Å²) in [5, 5.41) is 14.8. The van der Waals surface area contributed by atoms with Crippen molar-refractivity contribution in [3.05, 3.63) is 72.7 Å². The number of nitrogens with one attached hydrogen (secondary N) is 2. The molecule has 9 nitrogen and oxygen atoms in total. The fraction of sp³-hybridized carbons (Fsp3) is 0.167. The number of benzene rings is 2. The lowest BCUT2D eigenvalue weighted by atomic mass is 10.2. The van der Waals surface area contributed by atoms with E-state index < -0.39 is 0 Å². The van der Waals surface area contributed by atoms with Crippen molar-refractivity contribution in [2.45, 2.75) is 18.6 Å². The van der Waals surface area contributed by atoms with Crippen LogP contribution < -0.4 is 15.4 Å². The van der Waals surface area contributed by atoms with Crippen molar-refractivity contribution in [2.75, 3.05) is 23.5 Å². The number of ether oxygens (including phenoxy) is 1. The number of amides is 2. The standard InChI is InChI=1S/C24H23N5O4S/c1-16(30)25-18-8-10-19(11-9-18)26-22(31)15-34-24-28-27-23(17-5-3-6-20(13-17)32-2)29(24)14-21-7-4-12-33-21/h3-13H,14-15H2,1-2H3,(H,25,30)(H,26,31). The van der Waals surface area contributed by atoms with E-state index in [9.17, 15) is 9.59 Å². The van der Waals surface area contributed by atoms with E-state index in [-0.39, 0.29) is 17.6 Å². The highest BCUT2D eigenvalue weighted by Gasteiger charge is 2.17. The number of aromatic nitrogens is 3. The lowest BCUT2D eigenvalue weighted by Gasteiger charge is -2.10. The first-order valence-corrected chi connectivity index (χ1v) is 11.4. The SMILES string of the molecule is COc1cccc(-c2nnc(SCC(=O)Nc3ccc(NC(C)=O)cc3)n2Cc2ccco2)c1. The highest BCUT2D eigenvalue weighted by molar-refractivity contribution is 7.99. The molecule has 2 amide bonds. The van der Waals surface area contributed by atoms with Gasteiger partial charge in [-0.25, -0.2) is 0 Å². The van der Waals surface area contributed by atoms with Crippen molar-refractivity contribution < 1.29 is 18.7 Å². The lowest BCUT2D eigenvalue weighted by Crippen LogP contribution is -2.15. The van der Waals surface area contributed by atoms with Crippen LogP contribution in [0.3, 0.4) is 0 Å². The van der Waals surface area contributed by atoms with Crippen molar-refractivity contribution >= 4 is 35.0 Å². The zero-order chi connectivity index (χ0) is 23.9. The van der Waals surface area contributed by atoms with Crippen molar-refractivity contribution in [2.24, 2.45) is 0 Å². The Kier molecular flexibility index (Phi) is 7.28. The second kappa shape index (κ2) is 10.7. The molecular weight excluding hydrogens is 454 g/mol. The molecule has 2 heterocycles. The molecular formula is C24H23N5O4S. The molecule has 0 saturated carbocycles. The van der Waals surface area contributed by atoms with Crippen molar-refractivity contribution in [1.29, 1.82) is 0 Å². The number of hydrogen-bond acceptors (Lipinski definition) is 7. The Morgan fingerprint density at radius 2 is 1.79 bits per heavy atom. The second-order valence-corrected chi connectivity index (χ2v) is 8.24. The number of nitrogens with zero attached hydrogens (tertiary/aromatic N) is 3. The Bertz CT molecular complexity index is 1270. The average molecular weight is 478 g/mol. The topological polar surface area (TPSA) is 111 Å². The molecule has 0 fully saturated rings. The Labute approximate surface area is 200 Å². The molecule has 0 aliphatic heterocycles. The van der Waals surface area contributed by atoms with Crippen LogP contribution in [-0.4, -0.2) is 39.4 Å². The highest BCUT2D eigenvalue weighted by Crippen LogP contribution is 2.27. The molecule has 0 aliphatic carbocycles. The van der Waals surface area contributed by atoms with E-state index in [0.717, 1.165) is 11.3 Å². The van der Waals surface area contributed by atoms with Gasteiger partial charge in [0.15, 0.2) is 11.0 Å². The lowest BCUT2D eigenvalue weighted by molar-refractivity contribution is -0.114. The first-order valence-electron chi connectivity index (χ1n) is 10.4. The minimum absolute atomic E-state index is 0.141. The number of methoxy groups -OCH3 is 1. The largest absolute Gasteiger partial charge is 0.497 e. The maximum absolute atomic E-state index is 12.5. The summed E-state index contributed by atoms with van der Waals surface area (Å²) in [4.78, 5) is 23.7. The quantitative estimate of drug-likeness (QED) is 0.346. The van der Waals surface area contributed by atoms with Crippen LogP contribution in [0.4, 0.5) is 11.4 Å². The van der Waals surface area contributed by atoms with E-state index >= 15 is 0 Å².